The normalized spacial score (nSPS) is 22.5. The Bertz CT molecular complexity index is 430. The maximum Gasteiger partial charge on any atom is 0.187 e. The second-order valence-electron chi connectivity index (χ2n) is 4.62. The van der Waals surface area contributed by atoms with Crippen LogP contribution in [0, 0.1) is 6.92 Å². The van der Waals surface area contributed by atoms with Gasteiger partial charge < -0.3 is 20.1 Å². The van der Waals surface area contributed by atoms with E-state index in [0.29, 0.717) is 13.2 Å². The zero-order valence-corrected chi connectivity index (χ0v) is 9.98. The number of rotatable bonds is 1. The van der Waals surface area contributed by atoms with E-state index in [2.05, 4.69) is 9.88 Å². The minimum absolute atomic E-state index is 0.392. The molecule has 5 nitrogen and oxygen atoms in total. The van der Waals surface area contributed by atoms with Crippen LogP contribution in [0.15, 0.2) is 12.1 Å². The molecule has 0 aliphatic carbocycles. The van der Waals surface area contributed by atoms with E-state index in [1.807, 2.05) is 19.1 Å². The highest BCUT2D eigenvalue weighted by Gasteiger charge is 2.43. The number of ether oxygens (including phenoxy) is 2. The van der Waals surface area contributed by atoms with Crippen molar-refractivity contribution < 1.29 is 9.47 Å². The lowest BCUT2D eigenvalue weighted by atomic mass is 10.2. The number of anilines is 2. The van der Waals surface area contributed by atoms with Gasteiger partial charge in [-0.25, -0.2) is 4.98 Å². The Morgan fingerprint density at radius 2 is 2.12 bits per heavy atom. The third-order valence-electron chi connectivity index (χ3n) is 3.44. The monoisotopic (exact) mass is 235 g/mol. The molecule has 17 heavy (non-hydrogen) atoms. The minimum atomic E-state index is -0.392. The average molecular weight is 235 g/mol. The highest BCUT2D eigenvalue weighted by atomic mass is 16.7. The first kappa shape index (κ1) is 10.8. The molecule has 2 aliphatic rings. The zero-order chi connectivity index (χ0) is 11.9. The number of nitrogen functional groups attached to an aromatic ring is 1. The molecule has 0 bridgehead atoms. The highest BCUT2D eigenvalue weighted by molar-refractivity contribution is 5.51. The first-order chi connectivity index (χ1) is 8.19. The van der Waals surface area contributed by atoms with Crippen molar-refractivity contribution in [1.82, 2.24) is 4.98 Å². The molecule has 2 fully saturated rings. The van der Waals surface area contributed by atoms with Crippen molar-refractivity contribution in [2.24, 2.45) is 0 Å². The van der Waals surface area contributed by atoms with E-state index in [1.54, 1.807) is 0 Å². The Kier molecular flexibility index (Phi) is 2.45. The molecular weight excluding hydrogens is 218 g/mol. The number of aryl methyl sites for hydroxylation is 1. The van der Waals surface area contributed by atoms with Crippen molar-refractivity contribution in [3.8, 4) is 0 Å². The smallest absolute Gasteiger partial charge is 0.187 e. The molecule has 3 heterocycles. The summed E-state index contributed by atoms with van der Waals surface area (Å²) in [6, 6.07) is 3.86. The summed E-state index contributed by atoms with van der Waals surface area (Å²) >= 11 is 0. The lowest BCUT2D eigenvalue weighted by Crippen LogP contribution is -2.34. The lowest BCUT2D eigenvalue weighted by Gasteiger charge is -2.23. The van der Waals surface area contributed by atoms with Crippen LogP contribution in [0.4, 0.5) is 11.5 Å². The van der Waals surface area contributed by atoms with Gasteiger partial charge in [-0.15, -0.1) is 0 Å². The summed E-state index contributed by atoms with van der Waals surface area (Å²) in [6.07, 6.45) is 0.901. The van der Waals surface area contributed by atoms with Crippen LogP contribution in [-0.4, -0.2) is 37.1 Å². The summed E-state index contributed by atoms with van der Waals surface area (Å²) in [5.74, 6) is 0.560. The molecule has 1 aromatic heterocycles. The van der Waals surface area contributed by atoms with Crippen LogP contribution in [0.25, 0.3) is 0 Å². The van der Waals surface area contributed by atoms with Crippen molar-refractivity contribution >= 4 is 11.5 Å². The van der Waals surface area contributed by atoms with Gasteiger partial charge in [-0.3, -0.25) is 0 Å². The molecule has 0 amide bonds. The largest absolute Gasteiger partial charge is 0.397 e. The van der Waals surface area contributed by atoms with Gasteiger partial charge in [0.15, 0.2) is 5.79 Å². The third kappa shape index (κ3) is 1.85. The van der Waals surface area contributed by atoms with E-state index in [-0.39, 0.29) is 0 Å². The number of hydrogen-bond acceptors (Lipinski definition) is 5. The Hall–Kier alpha value is -1.33. The second-order valence-corrected chi connectivity index (χ2v) is 4.62. The summed E-state index contributed by atoms with van der Waals surface area (Å²) < 4.78 is 11.4. The molecule has 92 valence electrons. The number of nitrogens with zero attached hydrogens (tertiary/aromatic N) is 2. The summed E-state index contributed by atoms with van der Waals surface area (Å²) in [7, 11) is 0. The van der Waals surface area contributed by atoms with Crippen molar-refractivity contribution in [2.75, 3.05) is 36.9 Å². The van der Waals surface area contributed by atoms with Crippen LogP contribution in [0.2, 0.25) is 0 Å². The third-order valence-corrected chi connectivity index (χ3v) is 3.44. The molecule has 2 N–H and O–H groups in total. The van der Waals surface area contributed by atoms with E-state index < -0.39 is 5.79 Å². The minimum Gasteiger partial charge on any atom is -0.397 e. The molecule has 3 rings (SSSR count). The van der Waals surface area contributed by atoms with Gasteiger partial charge in [-0.2, -0.15) is 0 Å². The number of nitrogens with two attached hydrogens (primary N) is 1. The molecule has 0 radical (unpaired) electrons. The predicted octanol–water partition coefficient (Wildman–Crippen LogP) is 0.925. The van der Waals surface area contributed by atoms with Crippen molar-refractivity contribution in [3.05, 3.63) is 17.8 Å². The van der Waals surface area contributed by atoms with Gasteiger partial charge >= 0.3 is 0 Å². The molecule has 2 saturated heterocycles. The van der Waals surface area contributed by atoms with Crippen LogP contribution < -0.4 is 10.6 Å². The number of hydrogen-bond donors (Lipinski definition) is 1. The SMILES string of the molecule is Cc1nc(N2CCC3(C2)OCCO3)ccc1N. The summed E-state index contributed by atoms with van der Waals surface area (Å²) in [6.45, 7) is 4.98. The van der Waals surface area contributed by atoms with Crippen LogP contribution >= 0.6 is 0 Å². The van der Waals surface area contributed by atoms with Gasteiger partial charge in [0.1, 0.15) is 5.82 Å². The molecule has 5 heteroatoms. The predicted molar refractivity (Wildman–Crippen MR) is 64.9 cm³/mol. The second kappa shape index (κ2) is 3.85. The van der Waals surface area contributed by atoms with Gasteiger partial charge in [0.05, 0.1) is 31.1 Å². The quantitative estimate of drug-likeness (QED) is 0.784. The molecule has 0 aromatic carbocycles. The van der Waals surface area contributed by atoms with Crippen LogP contribution in [0.1, 0.15) is 12.1 Å². The fraction of sp³-hybridized carbons (Fsp3) is 0.583. The number of aromatic nitrogens is 1. The summed E-state index contributed by atoms with van der Waals surface area (Å²) in [5.41, 5.74) is 7.38. The van der Waals surface area contributed by atoms with E-state index in [9.17, 15) is 0 Å². The number of pyridine rings is 1. The maximum absolute atomic E-state index is 5.77. The molecule has 0 saturated carbocycles. The van der Waals surface area contributed by atoms with Gasteiger partial charge in [0.2, 0.25) is 0 Å². The Balaban J connectivity index is 1.79. The molecule has 1 aromatic rings. The highest BCUT2D eigenvalue weighted by Crippen LogP contribution is 2.32. The van der Waals surface area contributed by atoms with Crippen LogP contribution in [0.5, 0.6) is 0 Å². The standard InChI is InChI=1S/C12H17N3O2/c1-9-10(13)2-3-11(14-9)15-5-4-12(8-15)16-6-7-17-12/h2-3H,4-8,13H2,1H3. The van der Waals surface area contributed by atoms with E-state index in [1.165, 1.54) is 0 Å². The van der Waals surface area contributed by atoms with E-state index in [4.69, 9.17) is 15.2 Å². The van der Waals surface area contributed by atoms with E-state index in [0.717, 1.165) is 36.7 Å². The maximum atomic E-state index is 5.77. The summed E-state index contributed by atoms with van der Waals surface area (Å²) in [4.78, 5) is 6.69. The van der Waals surface area contributed by atoms with Crippen molar-refractivity contribution in [2.45, 2.75) is 19.1 Å². The molecule has 2 aliphatic heterocycles. The fourth-order valence-corrected chi connectivity index (χ4v) is 2.42. The van der Waals surface area contributed by atoms with Gasteiger partial charge in [-0.1, -0.05) is 0 Å². The molecule has 0 unspecified atom stereocenters. The lowest BCUT2D eigenvalue weighted by molar-refractivity contribution is -0.137. The van der Waals surface area contributed by atoms with Crippen LogP contribution in [-0.2, 0) is 9.47 Å². The van der Waals surface area contributed by atoms with Crippen molar-refractivity contribution in [1.29, 1.82) is 0 Å². The molecular formula is C12H17N3O2. The van der Waals surface area contributed by atoms with Crippen LogP contribution in [0.3, 0.4) is 0 Å². The van der Waals surface area contributed by atoms with Crippen molar-refractivity contribution in [3.63, 3.8) is 0 Å². The molecule has 1 spiro atoms. The zero-order valence-electron chi connectivity index (χ0n) is 9.98. The van der Waals surface area contributed by atoms with E-state index >= 15 is 0 Å². The Morgan fingerprint density at radius 3 is 2.82 bits per heavy atom. The fourth-order valence-electron chi connectivity index (χ4n) is 2.42. The summed E-state index contributed by atoms with van der Waals surface area (Å²) in [5, 5.41) is 0. The van der Waals surface area contributed by atoms with Gasteiger partial charge in [0.25, 0.3) is 0 Å². The van der Waals surface area contributed by atoms with Gasteiger partial charge in [0, 0.05) is 13.0 Å². The first-order valence-corrected chi connectivity index (χ1v) is 5.95. The van der Waals surface area contributed by atoms with Gasteiger partial charge in [-0.05, 0) is 19.1 Å². The topological polar surface area (TPSA) is 60.6 Å². The molecule has 0 atom stereocenters. The average Bonchev–Trinajstić information content (AvgIpc) is 2.94. The Morgan fingerprint density at radius 1 is 1.35 bits per heavy atom. The Labute approximate surface area is 101 Å². The first-order valence-electron chi connectivity index (χ1n) is 5.95.